The monoisotopic (exact) mass is 379 g/mol. The van der Waals surface area contributed by atoms with E-state index >= 15 is 0 Å². The summed E-state index contributed by atoms with van der Waals surface area (Å²) in [6, 6.07) is 8.57. The molecule has 1 amide bonds. The fourth-order valence-corrected chi connectivity index (χ4v) is 4.15. The lowest BCUT2D eigenvalue weighted by Gasteiger charge is -2.23. The predicted octanol–water partition coefficient (Wildman–Crippen LogP) is 2.92. The Balaban J connectivity index is 1.42. The van der Waals surface area contributed by atoms with Gasteiger partial charge in [0.2, 0.25) is 5.91 Å². The molecule has 0 bridgehead atoms. The first-order valence-electron chi connectivity index (χ1n) is 8.72. The average molecular weight is 380 g/mol. The second kappa shape index (κ2) is 8.15. The van der Waals surface area contributed by atoms with Gasteiger partial charge in [-0.2, -0.15) is 0 Å². The van der Waals surface area contributed by atoms with Crippen molar-refractivity contribution in [3.8, 4) is 0 Å². The van der Waals surface area contributed by atoms with E-state index in [9.17, 15) is 4.79 Å². The van der Waals surface area contributed by atoms with Crippen LogP contribution in [0.1, 0.15) is 32.1 Å². The number of piperidine rings is 1. The third-order valence-electron chi connectivity index (χ3n) is 4.98. The van der Waals surface area contributed by atoms with Crippen LogP contribution < -0.4 is 15.5 Å². The SMILES string of the molecule is O=C(CCC1CCNCC1)NC1CCN(c2ccccc2Br)C1. The standard InChI is InChI=1S/C18H26BrN3O/c19-16-3-1-2-4-17(16)22-12-9-15(13-22)21-18(23)6-5-14-7-10-20-11-8-14/h1-4,14-15,20H,5-13H2,(H,21,23). The van der Waals surface area contributed by atoms with Crippen LogP contribution >= 0.6 is 15.9 Å². The van der Waals surface area contributed by atoms with Crippen LogP contribution in [0.5, 0.6) is 0 Å². The number of carbonyl (C=O) groups is 1. The largest absolute Gasteiger partial charge is 0.368 e. The Morgan fingerprint density at radius 3 is 2.83 bits per heavy atom. The zero-order chi connectivity index (χ0) is 16.1. The number of amides is 1. The number of carbonyl (C=O) groups excluding carboxylic acids is 1. The third-order valence-corrected chi connectivity index (χ3v) is 5.66. The molecule has 1 atom stereocenters. The van der Waals surface area contributed by atoms with E-state index in [0.29, 0.717) is 6.42 Å². The lowest BCUT2D eigenvalue weighted by Crippen LogP contribution is -2.37. The molecule has 4 nitrogen and oxygen atoms in total. The lowest BCUT2D eigenvalue weighted by atomic mass is 9.93. The molecule has 0 spiro atoms. The van der Waals surface area contributed by atoms with Gasteiger partial charge in [0.15, 0.2) is 0 Å². The van der Waals surface area contributed by atoms with Gasteiger partial charge in [-0.1, -0.05) is 12.1 Å². The summed E-state index contributed by atoms with van der Waals surface area (Å²) in [5.41, 5.74) is 1.22. The molecule has 1 aromatic rings. The van der Waals surface area contributed by atoms with Crippen molar-refractivity contribution in [2.75, 3.05) is 31.1 Å². The van der Waals surface area contributed by atoms with Crippen LogP contribution in [0.15, 0.2) is 28.7 Å². The lowest BCUT2D eigenvalue weighted by molar-refractivity contribution is -0.122. The van der Waals surface area contributed by atoms with Crippen molar-refractivity contribution in [1.29, 1.82) is 0 Å². The van der Waals surface area contributed by atoms with E-state index < -0.39 is 0 Å². The van der Waals surface area contributed by atoms with Gasteiger partial charge in [-0.15, -0.1) is 0 Å². The summed E-state index contributed by atoms with van der Waals surface area (Å²) in [5, 5.41) is 6.60. The predicted molar refractivity (Wildman–Crippen MR) is 97.7 cm³/mol. The van der Waals surface area contributed by atoms with Gasteiger partial charge in [-0.05, 0) is 72.8 Å². The molecule has 1 unspecified atom stereocenters. The van der Waals surface area contributed by atoms with Crippen LogP contribution in [-0.2, 0) is 4.79 Å². The van der Waals surface area contributed by atoms with E-state index in [0.717, 1.165) is 49.4 Å². The first kappa shape index (κ1) is 16.8. The van der Waals surface area contributed by atoms with Gasteiger partial charge >= 0.3 is 0 Å². The van der Waals surface area contributed by atoms with Crippen LogP contribution in [0.3, 0.4) is 0 Å². The fraction of sp³-hybridized carbons (Fsp3) is 0.611. The Morgan fingerprint density at radius 1 is 1.26 bits per heavy atom. The Labute approximate surface area is 147 Å². The zero-order valence-corrected chi connectivity index (χ0v) is 15.1. The van der Waals surface area contributed by atoms with E-state index in [4.69, 9.17) is 0 Å². The van der Waals surface area contributed by atoms with Gasteiger partial charge in [0.1, 0.15) is 0 Å². The van der Waals surface area contributed by atoms with Crippen LogP contribution in [0.4, 0.5) is 5.69 Å². The van der Waals surface area contributed by atoms with E-state index in [1.807, 2.05) is 6.07 Å². The first-order valence-corrected chi connectivity index (χ1v) is 9.51. The van der Waals surface area contributed by atoms with Gasteiger partial charge < -0.3 is 15.5 Å². The minimum atomic E-state index is 0.225. The molecule has 5 heteroatoms. The van der Waals surface area contributed by atoms with Crippen LogP contribution in [-0.4, -0.2) is 38.1 Å². The molecule has 2 aliphatic heterocycles. The minimum Gasteiger partial charge on any atom is -0.368 e. The van der Waals surface area contributed by atoms with E-state index in [-0.39, 0.29) is 11.9 Å². The highest BCUT2D eigenvalue weighted by atomic mass is 79.9. The maximum absolute atomic E-state index is 12.2. The smallest absolute Gasteiger partial charge is 0.220 e. The summed E-state index contributed by atoms with van der Waals surface area (Å²) in [6.07, 6.45) is 5.17. The summed E-state index contributed by atoms with van der Waals surface area (Å²) in [6.45, 7) is 4.12. The second-order valence-electron chi connectivity index (χ2n) is 6.68. The van der Waals surface area contributed by atoms with Crippen molar-refractivity contribution in [3.63, 3.8) is 0 Å². The number of rotatable bonds is 5. The molecule has 0 aromatic heterocycles. The second-order valence-corrected chi connectivity index (χ2v) is 7.54. The Kier molecular flexibility index (Phi) is 5.95. The summed E-state index contributed by atoms with van der Waals surface area (Å²) in [7, 11) is 0. The number of halogens is 1. The first-order chi connectivity index (χ1) is 11.2. The van der Waals surface area contributed by atoms with Crippen LogP contribution in [0, 0.1) is 5.92 Å². The molecule has 23 heavy (non-hydrogen) atoms. The van der Waals surface area contributed by atoms with Crippen molar-refractivity contribution >= 4 is 27.5 Å². The van der Waals surface area contributed by atoms with Crippen LogP contribution in [0.2, 0.25) is 0 Å². The molecule has 126 valence electrons. The molecule has 2 aliphatic rings. The van der Waals surface area contributed by atoms with Gasteiger partial charge in [-0.25, -0.2) is 0 Å². The minimum absolute atomic E-state index is 0.225. The maximum Gasteiger partial charge on any atom is 0.220 e. The molecule has 2 heterocycles. The van der Waals surface area contributed by atoms with Crippen molar-refractivity contribution in [1.82, 2.24) is 10.6 Å². The summed E-state index contributed by atoms with van der Waals surface area (Å²) in [5.74, 6) is 0.949. The molecule has 0 saturated carbocycles. The van der Waals surface area contributed by atoms with Gasteiger partial charge in [0.05, 0.1) is 5.69 Å². The number of anilines is 1. The quantitative estimate of drug-likeness (QED) is 0.826. The van der Waals surface area contributed by atoms with Crippen molar-refractivity contribution in [2.45, 2.75) is 38.1 Å². The molecule has 1 aromatic carbocycles. The molecule has 0 radical (unpaired) electrons. The van der Waals surface area contributed by atoms with Crippen molar-refractivity contribution in [3.05, 3.63) is 28.7 Å². The van der Waals surface area contributed by atoms with Gasteiger partial charge in [0.25, 0.3) is 0 Å². The highest BCUT2D eigenvalue weighted by Crippen LogP contribution is 2.28. The summed E-state index contributed by atoms with van der Waals surface area (Å²) >= 11 is 3.61. The average Bonchev–Trinajstić information content (AvgIpc) is 3.02. The fourth-order valence-electron chi connectivity index (χ4n) is 3.61. The Bertz CT molecular complexity index is 531. The van der Waals surface area contributed by atoms with E-state index in [1.54, 1.807) is 0 Å². The van der Waals surface area contributed by atoms with Gasteiger partial charge in [0, 0.05) is 30.0 Å². The molecular formula is C18H26BrN3O. The number of para-hydroxylation sites is 1. The van der Waals surface area contributed by atoms with E-state index in [2.05, 4.69) is 49.7 Å². The molecular weight excluding hydrogens is 354 g/mol. The molecule has 3 rings (SSSR count). The number of hydrogen-bond donors (Lipinski definition) is 2. The summed E-state index contributed by atoms with van der Waals surface area (Å²) in [4.78, 5) is 14.5. The number of nitrogens with zero attached hydrogens (tertiary/aromatic N) is 1. The number of hydrogen-bond acceptors (Lipinski definition) is 3. The number of nitrogens with one attached hydrogen (secondary N) is 2. The third kappa shape index (κ3) is 4.70. The molecule has 2 saturated heterocycles. The molecule has 2 N–H and O–H groups in total. The molecule has 2 fully saturated rings. The Hall–Kier alpha value is -1.07. The highest BCUT2D eigenvalue weighted by Gasteiger charge is 2.25. The number of benzene rings is 1. The highest BCUT2D eigenvalue weighted by molar-refractivity contribution is 9.10. The topological polar surface area (TPSA) is 44.4 Å². The van der Waals surface area contributed by atoms with Crippen molar-refractivity contribution in [2.24, 2.45) is 5.92 Å². The zero-order valence-electron chi connectivity index (χ0n) is 13.6. The van der Waals surface area contributed by atoms with E-state index in [1.165, 1.54) is 18.5 Å². The Morgan fingerprint density at radius 2 is 2.04 bits per heavy atom. The summed E-state index contributed by atoms with van der Waals surface area (Å²) < 4.78 is 1.12. The van der Waals surface area contributed by atoms with Crippen LogP contribution in [0.25, 0.3) is 0 Å². The maximum atomic E-state index is 12.2. The van der Waals surface area contributed by atoms with Gasteiger partial charge in [-0.3, -0.25) is 4.79 Å². The van der Waals surface area contributed by atoms with Crippen molar-refractivity contribution < 1.29 is 4.79 Å². The normalized spacial score (nSPS) is 22.3. The molecule has 0 aliphatic carbocycles.